The third kappa shape index (κ3) is 5.53. The highest BCUT2D eigenvalue weighted by Gasteiger charge is 2.28. The lowest BCUT2D eigenvalue weighted by Crippen LogP contribution is -2.52. The summed E-state index contributed by atoms with van der Waals surface area (Å²) in [5.41, 5.74) is 3.32. The number of carbonyl (C=O) groups is 1. The van der Waals surface area contributed by atoms with Gasteiger partial charge >= 0.3 is 0 Å². The van der Waals surface area contributed by atoms with E-state index in [1.54, 1.807) is 6.08 Å². The van der Waals surface area contributed by atoms with E-state index < -0.39 is 6.10 Å². The number of aliphatic hydroxyl groups is 1. The van der Waals surface area contributed by atoms with Crippen LogP contribution in [0.2, 0.25) is 5.02 Å². The molecule has 0 aromatic heterocycles. The van der Waals surface area contributed by atoms with Crippen LogP contribution < -0.4 is 0 Å². The molecule has 2 unspecified atom stereocenters. The average Bonchev–Trinajstić information content (AvgIpc) is 2.82. The Balaban J connectivity index is 1.31. The summed E-state index contributed by atoms with van der Waals surface area (Å²) < 4.78 is 0. The number of carbonyl (C=O) groups excluding carboxylic acids is 1. The first kappa shape index (κ1) is 22.4. The Kier molecular flexibility index (Phi) is 7.39. The molecule has 0 aliphatic carbocycles. The highest BCUT2D eigenvalue weighted by atomic mass is 35.5. The topological polar surface area (TPSA) is 43.8 Å². The first-order chi connectivity index (χ1) is 15.0. The molecule has 1 saturated heterocycles. The van der Waals surface area contributed by atoms with E-state index in [9.17, 15) is 9.90 Å². The standard InChI is InChI=1S/C25H29ClN2O2S/c1-18(25(30)21-7-10-23-20(17-21)3-2-16-31-23)27-12-14-28(15-13-27)24(29)11-6-19-4-8-22(26)9-5-19/h4-11,17-18,25,30H,2-3,12-16H2,1H3/b11-6+. The fourth-order valence-corrected chi connectivity index (χ4v) is 5.38. The number of hydrogen-bond acceptors (Lipinski definition) is 4. The lowest BCUT2D eigenvalue weighted by Gasteiger charge is -2.39. The smallest absolute Gasteiger partial charge is 0.246 e. The number of hydrogen-bond donors (Lipinski definition) is 1. The van der Waals surface area contributed by atoms with Crippen molar-refractivity contribution in [2.24, 2.45) is 0 Å². The number of piperazine rings is 1. The summed E-state index contributed by atoms with van der Waals surface area (Å²) in [6.07, 6.45) is 5.23. The van der Waals surface area contributed by atoms with Gasteiger partial charge in [0.2, 0.25) is 5.91 Å². The summed E-state index contributed by atoms with van der Waals surface area (Å²) in [6.45, 7) is 4.94. The maximum absolute atomic E-state index is 12.5. The van der Waals surface area contributed by atoms with E-state index in [4.69, 9.17) is 11.6 Å². The lowest BCUT2D eigenvalue weighted by atomic mass is 9.98. The molecule has 0 spiro atoms. The van der Waals surface area contributed by atoms with E-state index in [2.05, 4.69) is 30.0 Å². The molecule has 1 N–H and O–H groups in total. The molecule has 2 aromatic rings. The Morgan fingerprint density at radius 2 is 1.87 bits per heavy atom. The van der Waals surface area contributed by atoms with Crippen molar-refractivity contribution < 1.29 is 9.90 Å². The van der Waals surface area contributed by atoms with Gasteiger partial charge in [-0.25, -0.2) is 0 Å². The van der Waals surface area contributed by atoms with Crippen LogP contribution in [0.3, 0.4) is 0 Å². The van der Waals surface area contributed by atoms with Crippen LogP contribution in [-0.2, 0) is 11.2 Å². The molecule has 2 aromatic carbocycles. The Bertz CT molecular complexity index is 939. The van der Waals surface area contributed by atoms with Gasteiger partial charge in [-0.3, -0.25) is 9.69 Å². The van der Waals surface area contributed by atoms with Gasteiger partial charge in [0.15, 0.2) is 0 Å². The van der Waals surface area contributed by atoms with Crippen molar-refractivity contribution in [3.8, 4) is 0 Å². The number of fused-ring (bicyclic) bond motifs is 1. The van der Waals surface area contributed by atoms with Gasteiger partial charge in [0.25, 0.3) is 0 Å². The van der Waals surface area contributed by atoms with E-state index in [1.807, 2.05) is 47.0 Å². The second-order valence-corrected chi connectivity index (χ2v) is 9.82. The van der Waals surface area contributed by atoms with Crippen LogP contribution >= 0.6 is 23.4 Å². The predicted octanol–water partition coefficient (Wildman–Crippen LogP) is 4.66. The number of rotatable bonds is 5. The summed E-state index contributed by atoms with van der Waals surface area (Å²) >= 11 is 7.82. The second-order valence-electron chi connectivity index (χ2n) is 8.25. The van der Waals surface area contributed by atoms with E-state index in [0.717, 1.165) is 30.6 Å². The molecule has 0 saturated carbocycles. The van der Waals surface area contributed by atoms with Gasteiger partial charge in [-0.15, -0.1) is 11.8 Å². The summed E-state index contributed by atoms with van der Waals surface area (Å²) in [5, 5.41) is 11.7. The monoisotopic (exact) mass is 456 g/mol. The summed E-state index contributed by atoms with van der Waals surface area (Å²) in [6, 6.07) is 13.9. The van der Waals surface area contributed by atoms with Gasteiger partial charge < -0.3 is 10.0 Å². The van der Waals surface area contributed by atoms with E-state index in [0.29, 0.717) is 18.1 Å². The maximum atomic E-state index is 12.5. The zero-order chi connectivity index (χ0) is 21.8. The Morgan fingerprint density at radius 3 is 2.61 bits per heavy atom. The van der Waals surface area contributed by atoms with Crippen LogP contribution in [0.15, 0.2) is 53.4 Å². The van der Waals surface area contributed by atoms with Gasteiger partial charge in [-0.05, 0) is 66.5 Å². The van der Waals surface area contributed by atoms with Crippen LogP contribution in [0, 0.1) is 0 Å². The number of aliphatic hydroxyl groups excluding tert-OH is 1. The number of thioether (sulfide) groups is 1. The minimum atomic E-state index is -0.524. The zero-order valence-corrected chi connectivity index (χ0v) is 19.4. The van der Waals surface area contributed by atoms with Crippen LogP contribution in [0.5, 0.6) is 0 Å². The molecule has 1 fully saturated rings. The fraction of sp³-hybridized carbons (Fsp3) is 0.400. The third-order valence-electron chi connectivity index (χ3n) is 6.22. The highest BCUT2D eigenvalue weighted by Crippen LogP contribution is 2.33. The van der Waals surface area contributed by atoms with Crippen molar-refractivity contribution in [1.82, 2.24) is 9.80 Å². The molecule has 0 radical (unpaired) electrons. The summed E-state index contributed by atoms with van der Waals surface area (Å²) in [4.78, 5) is 18.1. The molecule has 4 rings (SSSR count). The van der Waals surface area contributed by atoms with Gasteiger partial charge in [-0.1, -0.05) is 35.9 Å². The molecule has 2 aliphatic rings. The molecule has 4 nitrogen and oxygen atoms in total. The number of halogens is 1. The first-order valence-corrected chi connectivity index (χ1v) is 12.3. The summed E-state index contributed by atoms with van der Waals surface area (Å²) in [7, 11) is 0. The number of amides is 1. The molecule has 6 heteroatoms. The minimum Gasteiger partial charge on any atom is -0.387 e. The molecule has 31 heavy (non-hydrogen) atoms. The number of benzene rings is 2. The zero-order valence-electron chi connectivity index (χ0n) is 17.8. The van der Waals surface area contributed by atoms with Crippen LogP contribution in [0.4, 0.5) is 0 Å². The van der Waals surface area contributed by atoms with Crippen LogP contribution in [0.25, 0.3) is 6.08 Å². The molecular weight excluding hydrogens is 428 g/mol. The lowest BCUT2D eigenvalue weighted by molar-refractivity contribution is -0.128. The molecule has 2 aliphatic heterocycles. The first-order valence-electron chi connectivity index (χ1n) is 10.9. The molecule has 2 atom stereocenters. The second kappa shape index (κ2) is 10.2. The van der Waals surface area contributed by atoms with E-state index in [1.165, 1.54) is 22.6 Å². The molecule has 1 amide bonds. The highest BCUT2D eigenvalue weighted by molar-refractivity contribution is 7.99. The molecule has 2 heterocycles. The van der Waals surface area contributed by atoms with Crippen LogP contribution in [-0.4, -0.2) is 58.8 Å². The third-order valence-corrected chi connectivity index (χ3v) is 7.68. The van der Waals surface area contributed by atoms with Crippen molar-refractivity contribution in [1.29, 1.82) is 0 Å². The minimum absolute atomic E-state index is 0.0103. The largest absolute Gasteiger partial charge is 0.387 e. The van der Waals surface area contributed by atoms with Crippen molar-refractivity contribution >= 4 is 35.3 Å². The van der Waals surface area contributed by atoms with Crippen molar-refractivity contribution in [2.75, 3.05) is 31.9 Å². The Labute approximate surface area is 193 Å². The quantitative estimate of drug-likeness (QED) is 0.664. The Hall–Kier alpha value is -1.79. The van der Waals surface area contributed by atoms with E-state index in [-0.39, 0.29) is 11.9 Å². The van der Waals surface area contributed by atoms with Gasteiger partial charge in [0.05, 0.1) is 6.10 Å². The van der Waals surface area contributed by atoms with Gasteiger partial charge in [-0.2, -0.15) is 0 Å². The normalized spacial score (nSPS) is 19.3. The molecular formula is C25H29ClN2O2S. The van der Waals surface area contributed by atoms with Crippen LogP contribution in [0.1, 0.15) is 36.1 Å². The number of aryl methyl sites for hydroxylation is 1. The van der Waals surface area contributed by atoms with Gasteiger partial charge in [0, 0.05) is 48.2 Å². The SMILES string of the molecule is CC(C(O)c1ccc2c(c1)CCCS2)N1CCN(C(=O)/C=C/c2ccc(Cl)cc2)CC1. The maximum Gasteiger partial charge on any atom is 0.246 e. The average molecular weight is 457 g/mol. The number of nitrogens with zero attached hydrogens (tertiary/aromatic N) is 2. The van der Waals surface area contributed by atoms with Gasteiger partial charge in [0.1, 0.15) is 0 Å². The molecule has 0 bridgehead atoms. The molecule has 164 valence electrons. The van der Waals surface area contributed by atoms with Crippen molar-refractivity contribution in [3.05, 3.63) is 70.3 Å². The Morgan fingerprint density at radius 1 is 1.13 bits per heavy atom. The summed E-state index contributed by atoms with van der Waals surface area (Å²) in [5.74, 6) is 1.21. The fourth-order valence-electron chi connectivity index (χ4n) is 4.24. The van der Waals surface area contributed by atoms with Crippen molar-refractivity contribution in [2.45, 2.75) is 36.8 Å². The van der Waals surface area contributed by atoms with E-state index >= 15 is 0 Å². The van der Waals surface area contributed by atoms with Crippen molar-refractivity contribution in [3.63, 3.8) is 0 Å². The predicted molar refractivity (Wildman–Crippen MR) is 129 cm³/mol.